The molecule has 8 nitrogen and oxygen atoms in total. The molecule has 0 aliphatic heterocycles. The highest BCUT2D eigenvalue weighted by atomic mass is 32.2. The van der Waals surface area contributed by atoms with Crippen LogP contribution in [-0.2, 0) is 31.3 Å². The number of nitrogens with zero attached hydrogens (tertiary/aromatic N) is 3. The minimum Gasteiger partial charge on any atom is -0.469 e. The summed E-state index contributed by atoms with van der Waals surface area (Å²) >= 11 is 0. The second-order valence-corrected chi connectivity index (χ2v) is 6.35. The predicted molar refractivity (Wildman–Crippen MR) is 75.2 cm³/mol. The number of hydrogen-bond donors (Lipinski definition) is 0. The van der Waals surface area contributed by atoms with Gasteiger partial charge in [-0.15, -0.1) is 0 Å². The molecule has 0 aromatic carbocycles. The lowest BCUT2D eigenvalue weighted by Crippen LogP contribution is -2.36. The third-order valence-electron chi connectivity index (χ3n) is 3.03. The molecule has 0 aliphatic carbocycles. The van der Waals surface area contributed by atoms with Crippen LogP contribution in [0.15, 0.2) is 11.2 Å². The first kappa shape index (κ1) is 17.6. The van der Waals surface area contributed by atoms with Crippen molar-refractivity contribution in [1.29, 1.82) is 0 Å². The van der Waals surface area contributed by atoms with Crippen LogP contribution in [0.25, 0.3) is 0 Å². The number of carbonyl (C=O) groups is 1. The molecule has 0 bridgehead atoms. The number of hydrogen-bond acceptors (Lipinski definition) is 6. The summed E-state index contributed by atoms with van der Waals surface area (Å²) in [6.45, 7) is 2.11. The topological polar surface area (TPSA) is 90.7 Å². The van der Waals surface area contributed by atoms with Gasteiger partial charge in [0.15, 0.2) is 5.03 Å². The summed E-state index contributed by atoms with van der Waals surface area (Å²) in [7, 11) is 0.697. The summed E-state index contributed by atoms with van der Waals surface area (Å²) in [5, 5.41) is -0.0385. The van der Waals surface area contributed by atoms with Crippen LogP contribution in [0, 0.1) is 6.92 Å². The molecule has 1 aromatic rings. The molecule has 0 aliphatic rings. The average molecular weight is 319 g/mol. The van der Waals surface area contributed by atoms with Crippen molar-refractivity contribution in [3.05, 3.63) is 12.0 Å². The molecule has 0 saturated carbocycles. The number of ether oxygens (including phenoxy) is 2. The summed E-state index contributed by atoms with van der Waals surface area (Å²) < 4.78 is 37.3. The van der Waals surface area contributed by atoms with Crippen molar-refractivity contribution >= 4 is 16.0 Å². The van der Waals surface area contributed by atoms with E-state index in [-0.39, 0.29) is 31.1 Å². The third kappa shape index (κ3) is 4.51. The summed E-state index contributed by atoms with van der Waals surface area (Å²) in [6, 6.07) is 0. The van der Waals surface area contributed by atoms with E-state index in [1.54, 1.807) is 18.5 Å². The Morgan fingerprint density at radius 1 is 1.38 bits per heavy atom. The number of imidazole rings is 1. The van der Waals surface area contributed by atoms with Crippen LogP contribution in [0.5, 0.6) is 0 Å². The van der Waals surface area contributed by atoms with E-state index in [0.717, 1.165) is 0 Å². The Bertz CT molecular complexity index is 562. The Morgan fingerprint density at radius 2 is 2.05 bits per heavy atom. The van der Waals surface area contributed by atoms with E-state index in [2.05, 4.69) is 9.72 Å². The molecule has 9 heteroatoms. The fraction of sp³-hybridized carbons (Fsp3) is 0.667. The zero-order valence-corrected chi connectivity index (χ0v) is 13.5. The molecule has 0 saturated heterocycles. The van der Waals surface area contributed by atoms with Gasteiger partial charge in [-0.25, -0.2) is 13.4 Å². The number of carbonyl (C=O) groups excluding carboxylic acids is 1. The molecule has 0 spiro atoms. The van der Waals surface area contributed by atoms with E-state index in [9.17, 15) is 13.2 Å². The van der Waals surface area contributed by atoms with E-state index in [4.69, 9.17) is 4.74 Å². The molecule has 1 heterocycles. The smallest absolute Gasteiger partial charge is 0.306 e. The molecular weight excluding hydrogens is 298 g/mol. The maximum Gasteiger partial charge on any atom is 0.306 e. The van der Waals surface area contributed by atoms with Gasteiger partial charge in [0.2, 0.25) is 0 Å². The highest BCUT2D eigenvalue weighted by Crippen LogP contribution is 2.15. The third-order valence-corrected chi connectivity index (χ3v) is 4.80. The lowest BCUT2D eigenvalue weighted by atomic mass is 10.4. The Balaban J connectivity index is 2.96. The second-order valence-electron chi connectivity index (χ2n) is 4.46. The minimum absolute atomic E-state index is 0.0218. The standard InChI is InChI=1S/C12H21N3O5S/c1-10-13-11(9-14(10)2)21(17,18)15(7-8-19-3)6-5-12(16)20-4/h9H,5-8H2,1-4H3. The number of esters is 1. The van der Waals surface area contributed by atoms with E-state index >= 15 is 0 Å². The maximum atomic E-state index is 12.5. The van der Waals surface area contributed by atoms with E-state index < -0.39 is 16.0 Å². The molecule has 0 radical (unpaired) electrons. The van der Waals surface area contributed by atoms with Gasteiger partial charge in [-0.1, -0.05) is 0 Å². The van der Waals surface area contributed by atoms with Gasteiger partial charge in [0.05, 0.1) is 20.1 Å². The quantitative estimate of drug-likeness (QED) is 0.623. The van der Waals surface area contributed by atoms with Gasteiger partial charge in [0.25, 0.3) is 10.0 Å². The normalized spacial score (nSPS) is 11.9. The number of aromatic nitrogens is 2. The van der Waals surface area contributed by atoms with Crippen molar-refractivity contribution in [2.45, 2.75) is 18.4 Å². The van der Waals surface area contributed by atoms with Crippen molar-refractivity contribution in [2.75, 3.05) is 33.9 Å². The Hall–Kier alpha value is -1.45. The van der Waals surface area contributed by atoms with Crippen LogP contribution >= 0.6 is 0 Å². The lowest BCUT2D eigenvalue weighted by Gasteiger charge is -2.20. The van der Waals surface area contributed by atoms with Crippen LogP contribution < -0.4 is 0 Å². The molecule has 120 valence electrons. The molecule has 1 rings (SSSR count). The number of sulfonamides is 1. The zero-order chi connectivity index (χ0) is 16.0. The molecule has 21 heavy (non-hydrogen) atoms. The van der Waals surface area contributed by atoms with E-state index in [1.807, 2.05) is 0 Å². The lowest BCUT2D eigenvalue weighted by molar-refractivity contribution is -0.140. The van der Waals surface area contributed by atoms with Crippen LogP contribution in [0.3, 0.4) is 0 Å². The van der Waals surface area contributed by atoms with Crippen molar-refractivity contribution in [3.8, 4) is 0 Å². The maximum absolute atomic E-state index is 12.5. The molecule has 1 aromatic heterocycles. The van der Waals surface area contributed by atoms with E-state index in [1.165, 1.54) is 24.7 Å². The minimum atomic E-state index is -3.77. The number of methoxy groups -OCH3 is 2. The highest BCUT2D eigenvalue weighted by Gasteiger charge is 2.27. The second kappa shape index (κ2) is 7.53. The van der Waals surface area contributed by atoms with Crippen molar-refractivity contribution < 1.29 is 22.7 Å². The molecule has 0 N–H and O–H groups in total. The fourth-order valence-corrected chi connectivity index (χ4v) is 3.10. The van der Waals surface area contributed by atoms with Gasteiger partial charge >= 0.3 is 5.97 Å². The van der Waals surface area contributed by atoms with Crippen LogP contribution in [0.2, 0.25) is 0 Å². The molecule has 0 atom stereocenters. The predicted octanol–water partition coefficient (Wildman–Crippen LogP) is -0.0713. The Labute approximate surface area is 124 Å². The number of rotatable bonds is 8. The van der Waals surface area contributed by atoms with Gasteiger partial charge in [0, 0.05) is 33.4 Å². The Morgan fingerprint density at radius 3 is 2.52 bits per heavy atom. The molecular formula is C12H21N3O5S. The SMILES string of the molecule is COCCN(CCC(=O)OC)S(=O)(=O)c1cn(C)c(C)n1. The van der Waals surface area contributed by atoms with Crippen LogP contribution in [0.4, 0.5) is 0 Å². The molecule has 0 unspecified atom stereocenters. The summed E-state index contributed by atoms with van der Waals surface area (Å²) in [6.07, 6.45) is 1.42. The van der Waals surface area contributed by atoms with Crippen molar-refractivity contribution in [1.82, 2.24) is 13.9 Å². The first-order valence-corrected chi connectivity index (χ1v) is 7.82. The largest absolute Gasteiger partial charge is 0.469 e. The zero-order valence-electron chi connectivity index (χ0n) is 12.7. The summed E-state index contributed by atoms with van der Waals surface area (Å²) in [4.78, 5) is 15.3. The number of aryl methyl sites for hydroxylation is 2. The Kier molecular flexibility index (Phi) is 6.31. The molecule has 0 amide bonds. The first-order valence-electron chi connectivity index (χ1n) is 6.38. The van der Waals surface area contributed by atoms with Crippen molar-refractivity contribution in [3.63, 3.8) is 0 Å². The summed E-state index contributed by atoms with van der Waals surface area (Å²) in [5.74, 6) is 0.123. The average Bonchev–Trinajstić information content (AvgIpc) is 2.78. The molecule has 0 fully saturated rings. The first-order chi connectivity index (χ1) is 9.82. The van der Waals surface area contributed by atoms with E-state index in [0.29, 0.717) is 5.82 Å². The van der Waals surface area contributed by atoms with Crippen LogP contribution in [-0.4, -0.2) is 62.2 Å². The fourth-order valence-electron chi connectivity index (χ4n) is 1.65. The monoisotopic (exact) mass is 319 g/mol. The summed E-state index contributed by atoms with van der Waals surface area (Å²) in [5.41, 5.74) is 0. The van der Waals surface area contributed by atoms with Crippen LogP contribution in [0.1, 0.15) is 12.2 Å². The van der Waals surface area contributed by atoms with Gasteiger partial charge in [-0.05, 0) is 6.92 Å². The van der Waals surface area contributed by atoms with Gasteiger partial charge in [0.1, 0.15) is 5.82 Å². The van der Waals surface area contributed by atoms with Crippen molar-refractivity contribution in [2.24, 2.45) is 7.05 Å². The van der Waals surface area contributed by atoms with Gasteiger partial charge in [-0.2, -0.15) is 4.31 Å². The highest BCUT2D eigenvalue weighted by molar-refractivity contribution is 7.89. The van der Waals surface area contributed by atoms with Gasteiger partial charge in [-0.3, -0.25) is 4.79 Å². The van der Waals surface area contributed by atoms with Gasteiger partial charge < -0.3 is 14.0 Å².